The molecule has 30 heavy (non-hydrogen) atoms. The zero-order valence-corrected chi connectivity index (χ0v) is 17.4. The number of halogens is 2. The number of imide groups is 1. The zero-order valence-electron chi connectivity index (χ0n) is 15.9. The Morgan fingerprint density at radius 2 is 1.80 bits per heavy atom. The molecule has 8 heteroatoms. The summed E-state index contributed by atoms with van der Waals surface area (Å²) in [6.07, 6.45) is 3.06. The molecule has 0 aromatic heterocycles. The lowest BCUT2D eigenvalue weighted by Crippen LogP contribution is -2.41. The molecule has 2 aromatic carbocycles. The molecular weight excluding hydrogens is 427 g/mol. The zero-order chi connectivity index (χ0) is 21.3. The van der Waals surface area contributed by atoms with Gasteiger partial charge in [0.1, 0.15) is 5.82 Å². The maximum atomic E-state index is 13.0. The number of hydrogen-bond donors (Lipinski definition) is 1. The van der Waals surface area contributed by atoms with Gasteiger partial charge in [0.05, 0.1) is 10.3 Å². The normalized spacial score (nSPS) is 18.7. The van der Waals surface area contributed by atoms with Gasteiger partial charge >= 0.3 is 0 Å². The summed E-state index contributed by atoms with van der Waals surface area (Å²) in [5.74, 6) is -0.899. The summed E-state index contributed by atoms with van der Waals surface area (Å²) in [6, 6.07) is 12.9. The van der Waals surface area contributed by atoms with E-state index in [2.05, 4.69) is 5.32 Å². The van der Waals surface area contributed by atoms with Crippen molar-refractivity contribution in [2.45, 2.75) is 18.3 Å². The van der Waals surface area contributed by atoms with Crippen LogP contribution in [0, 0.1) is 5.82 Å². The number of nitrogens with zero attached hydrogens (tertiary/aromatic N) is 1. The predicted octanol–water partition coefficient (Wildman–Crippen LogP) is 4.36. The molecule has 1 aliphatic carbocycles. The van der Waals surface area contributed by atoms with Crippen LogP contribution in [0.25, 0.3) is 6.08 Å². The number of carbonyl (C=O) groups is 3. The lowest BCUT2D eigenvalue weighted by molar-refractivity contribution is -0.125. The highest BCUT2D eigenvalue weighted by Gasteiger charge is 2.51. The van der Waals surface area contributed by atoms with Crippen LogP contribution >= 0.6 is 23.4 Å². The summed E-state index contributed by atoms with van der Waals surface area (Å²) in [5, 5.41) is 3.08. The summed E-state index contributed by atoms with van der Waals surface area (Å²) < 4.78 is 13.0. The van der Waals surface area contributed by atoms with E-state index in [0.29, 0.717) is 10.6 Å². The Morgan fingerprint density at radius 3 is 2.43 bits per heavy atom. The summed E-state index contributed by atoms with van der Waals surface area (Å²) in [6.45, 7) is 0.268. The maximum Gasteiger partial charge on any atom is 0.293 e. The van der Waals surface area contributed by atoms with Crippen molar-refractivity contribution in [1.82, 2.24) is 10.2 Å². The highest BCUT2D eigenvalue weighted by Crippen LogP contribution is 2.48. The molecule has 2 aromatic rings. The van der Waals surface area contributed by atoms with Crippen molar-refractivity contribution in [2.24, 2.45) is 0 Å². The molecule has 3 amide bonds. The van der Waals surface area contributed by atoms with E-state index in [1.54, 1.807) is 18.2 Å². The third-order valence-corrected chi connectivity index (χ3v) is 6.40. The number of thioether (sulfide) groups is 1. The van der Waals surface area contributed by atoms with E-state index in [9.17, 15) is 18.8 Å². The largest absolute Gasteiger partial charge is 0.354 e. The Bertz CT molecular complexity index is 1030. The number of rotatable bonds is 6. The van der Waals surface area contributed by atoms with Crippen LogP contribution in [0.4, 0.5) is 9.18 Å². The molecule has 0 radical (unpaired) electrons. The molecule has 4 rings (SSSR count). The minimum absolute atomic E-state index is 0.0911. The number of hydrogen-bond acceptors (Lipinski definition) is 4. The van der Waals surface area contributed by atoms with Crippen LogP contribution in [0.15, 0.2) is 53.4 Å². The second kappa shape index (κ2) is 8.24. The fourth-order valence-corrected chi connectivity index (χ4v) is 4.39. The number of nitrogens with one attached hydrogen (secondary N) is 1. The molecule has 1 N–H and O–H groups in total. The first-order chi connectivity index (χ1) is 14.4. The summed E-state index contributed by atoms with van der Waals surface area (Å²) in [7, 11) is 0. The Labute approximate surface area is 182 Å². The van der Waals surface area contributed by atoms with Gasteiger partial charge in [-0.25, -0.2) is 4.39 Å². The minimum Gasteiger partial charge on any atom is -0.354 e. The predicted molar refractivity (Wildman–Crippen MR) is 114 cm³/mol. The Morgan fingerprint density at radius 1 is 1.13 bits per heavy atom. The molecule has 2 fully saturated rings. The van der Waals surface area contributed by atoms with Gasteiger partial charge in [-0.15, -0.1) is 0 Å². The molecule has 1 heterocycles. The smallest absolute Gasteiger partial charge is 0.293 e. The number of benzene rings is 2. The van der Waals surface area contributed by atoms with E-state index >= 15 is 0 Å². The van der Waals surface area contributed by atoms with Crippen LogP contribution in [-0.2, 0) is 15.0 Å². The molecule has 1 saturated carbocycles. The second-order valence-corrected chi connectivity index (χ2v) is 8.66. The van der Waals surface area contributed by atoms with Gasteiger partial charge in [0.2, 0.25) is 5.91 Å². The quantitative estimate of drug-likeness (QED) is 0.672. The minimum atomic E-state index is -0.550. The molecule has 0 unspecified atom stereocenters. The number of amides is 3. The molecule has 0 bridgehead atoms. The highest BCUT2D eigenvalue weighted by molar-refractivity contribution is 8.18. The molecule has 1 saturated heterocycles. The van der Waals surface area contributed by atoms with Gasteiger partial charge < -0.3 is 5.32 Å². The first-order valence-corrected chi connectivity index (χ1v) is 10.6. The molecular formula is C22H18ClFN2O3S. The molecule has 1 aliphatic heterocycles. The monoisotopic (exact) mass is 444 g/mol. The first kappa shape index (κ1) is 20.6. The maximum absolute atomic E-state index is 13.0. The van der Waals surface area contributed by atoms with Crippen molar-refractivity contribution in [3.63, 3.8) is 0 Å². The molecule has 0 atom stereocenters. The Kier molecular flexibility index (Phi) is 5.66. The van der Waals surface area contributed by atoms with E-state index in [0.717, 1.165) is 35.1 Å². The molecule has 0 spiro atoms. The van der Waals surface area contributed by atoms with Gasteiger partial charge in [-0.3, -0.25) is 19.3 Å². The topological polar surface area (TPSA) is 66.5 Å². The van der Waals surface area contributed by atoms with Crippen LogP contribution < -0.4 is 5.32 Å². The summed E-state index contributed by atoms with van der Waals surface area (Å²) in [4.78, 5) is 38.9. The fourth-order valence-electron chi connectivity index (χ4n) is 3.39. The first-order valence-electron chi connectivity index (χ1n) is 9.44. The van der Waals surface area contributed by atoms with Crippen molar-refractivity contribution in [3.8, 4) is 0 Å². The van der Waals surface area contributed by atoms with E-state index in [1.165, 1.54) is 24.3 Å². The highest BCUT2D eigenvalue weighted by atomic mass is 35.5. The van der Waals surface area contributed by atoms with E-state index < -0.39 is 11.3 Å². The van der Waals surface area contributed by atoms with Crippen LogP contribution in [0.1, 0.15) is 24.0 Å². The standard InChI is InChI=1S/C22H18ClFN2O3S/c23-16-5-3-15(4-6-16)22(9-10-22)20(28)25-11-12-26-19(27)18(30-21(26)29)13-14-1-7-17(24)8-2-14/h1-8,13H,9-12H2,(H,25,28)/b18-13-. The van der Waals surface area contributed by atoms with Crippen LogP contribution in [0.5, 0.6) is 0 Å². The van der Waals surface area contributed by atoms with Gasteiger partial charge in [-0.2, -0.15) is 0 Å². The van der Waals surface area contributed by atoms with Gasteiger partial charge in [0.15, 0.2) is 0 Å². The van der Waals surface area contributed by atoms with Crippen molar-refractivity contribution >= 4 is 46.5 Å². The fraction of sp³-hybridized carbons (Fsp3) is 0.227. The lowest BCUT2D eigenvalue weighted by Gasteiger charge is -2.18. The number of carbonyl (C=O) groups excluding carboxylic acids is 3. The molecule has 5 nitrogen and oxygen atoms in total. The summed E-state index contributed by atoms with van der Waals surface area (Å²) >= 11 is 6.76. The van der Waals surface area contributed by atoms with Gasteiger partial charge in [-0.05, 0) is 66.1 Å². The van der Waals surface area contributed by atoms with Crippen molar-refractivity contribution in [1.29, 1.82) is 0 Å². The van der Waals surface area contributed by atoms with E-state index in [1.807, 2.05) is 12.1 Å². The molecule has 154 valence electrons. The third-order valence-electron chi connectivity index (χ3n) is 5.24. The van der Waals surface area contributed by atoms with Gasteiger partial charge in [0.25, 0.3) is 11.1 Å². The van der Waals surface area contributed by atoms with E-state index in [-0.39, 0.29) is 35.0 Å². The Hall–Kier alpha value is -2.64. The second-order valence-electron chi connectivity index (χ2n) is 7.23. The van der Waals surface area contributed by atoms with Crippen LogP contribution in [0.3, 0.4) is 0 Å². The summed E-state index contributed by atoms with van der Waals surface area (Å²) in [5.41, 5.74) is 0.998. The molecule has 2 aliphatic rings. The average Bonchev–Trinajstić information content (AvgIpc) is 3.49. The van der Waals surface area contributed by atoms with Crippen molar-refractivity contribution < 1.29 is 18.8 Å². The SMILES string of the molecule is O=C1S/C(=C\c2ccc(F)cc2)C(=O)N1CCNC(=O)C1(c2ccc(Cl)cc2)CC1. The third kappa shape index (κ3) is 4.13. The lowest BCUT2D eigenvalue weighted by atomic mass is 9.95. The average molecular weight is 445 g/mol. The Balaban J connectivity index is 1.35. The van der Waals surface area contributed by atoms with Gasteiger partial charge in [-0.1, -0.05) is 35.9 Å². The van der Waals surface area contributed by atoms with Crippen LogP contribution in [-0.4, -0.2) is 35.0 Å². The van der Waals surface area contributed by atoms with Crippen LogP contribution in [0.2, 0.25) is 5.02 Å². The van der Waals surface area contributed by atoms with Gasteiger partial charge in [0, 0.05) is 18.1 Å². The van der Waals surface area contributed by atoms with E-state index in [4.69, 9.17) is 11.6 Å². The van der Waals surface area contributed by atoms with Crippen molar-refractivity contribution in [2.75, 3.05) is 13.1 Å². The van der Waals surface area contributed by atoms with Crippen molar-refractivity contribution in [3.05, 3.63) is 75.4 Å².